The summed E-state index contributed by atoms with van der Waals surface area (Å²) in [6.07, 6.45) is 6.06. The fourth-order valence-corrected chi connectivity index (χ4v) is 4.17. The van der Waals surface area contributed by atoms with Crippen LogP contribution in [0.15, 0.2) is 10.6 Å². The molecule has 2 amide bonds. The lowest BCUT2D eigenvalue weighted by Crippen LogP contribution is -2.55. The minimum atomic E-state index is 0.0763. The molecule has 1 spiro atoms. The zero-order chi connectivity index (χ0) is 17.9. The third-order valence-electron chi connectivity index (χ3n) is 5.55. The first-order chi connectivity index (χ1) is 12.0. The molecule has 3 rings (SSSR count). The standard InChI is InChI=1S/C19H29N3O3/c1-3-4-9-21-13-19(8-6-17(21)23)7-5-10-22(14-19)18(24)12-16-11-15(2)20-25-16/h11H,3-10,12-14H2,1-2H3/t19-/m1/s1. The quantitative estimate of drug-likeness (QED) is 0.821. The van der Waals surface area contributed by atoms with Crippen LogP contribution in [0.5, 0.6) is 0 Å². The molecule has 3 heterocycles. The smallest absolute Gasteiger partial charge is 0.230 e. The van der Waals surface area contributed by atoms with E-state index >= 15 is 0 Å². The molecular weight excluding hydrogens is 318 g/mol. The summed E-state index contributed by atoms with van der Waals surface area (Å²) in [5.74, 6) is 1.01. The summed E-state index contributed by atoms with van der Waals surface area (Å²) in [7, 11) is 0. The van der Waals surface area contributed by atoms with Crippen molar-refractivity contribution in [1.29, 1.82) is 0 Å². The van der Waals surface area contributed by atoms with Gasteiger partial charge in [0, 0.05) is 44.1 Å². The van der Waals surface area contributed by atoms with Gasteiger partial charge in [-0.3, -0.25) is 9.59 Å². The van der Waals surface area contributed by atoms with Crippen LogP contribution in [0.3, 0.4) is 0 Å². The molecule has 0 saturated carbocycles. The predicted molar refractivity (Wildman–Crippen MR) is 93.9 cm³/mol. The molecule has 138 valence electrons. The van der Waals surface area contributed by atoms with E-state index in [2.05, 4.69) is 12.1 Å². The number of rotatable bonds is 5. The van der Waals surface area contributed by atoms with E-state index in [1.165, 1.54) is 0 Å². The van der Waals surface area contributed by atoms with Gasteiger partial charge in [0.15, 0.2) is 0 Å². The molecule has 0 bridgehead atoms. The average molecular weight is 347 g/mol. The maximum Gasteiger partial charge on any atom is 0.230 e. The van der Waals surface area contributed by atoms with Gasteiger partial charge in [-0.15, -0.1) is 0 Å². The molecule has 1 atom stereocenters. The number of nitrogens with zero attached hydrogens (tertiary/aromatic N) is 3. The highest BCUT2D eigenvalue weighted by atomic mass is 16.5. The molecule has 25 heavy (non-hydrogen) atoms. The Balaban J connectivity index is 1.63. The molecule has 6 nitrogen and oxygen atoms in total. The van der Waals surface area contributed by atoms with Crippen LogP contribution in [0.4, 0.5) is 0 Å². The fourth-order valence-electron chi connectivity index (χ4n) is 4.17. The summed E-state index contributed by atoms with van der Waals surface area (Å²) in [4.78, 5) is 28.9. The van der Waals surface area contributed by atoms with E-state index < -0.39 is 0 Å². The molecule has 2 aliphatic rings. The van der Waals surface area contributed by atoms with Gasteiger partial charge >= 0.3 is 0 Å². The van der Waals surface area contributed by atoms with Gasteiger partial charge in [0.1, 0.15) is 5.76 Å². The normalized spacial score (nSPS) is 24.2. The largest absolute Gasteiger partial charge is 0.361 e. The number of hydrogen-bond acceptors (Lipinski definition) is 4. The highest BCUT2D eigenvalue weighted by Crippen LogP contribution is 2.39. The van der Waals surface area contributed by atoms with E-state index in [1.807, 2.05) is 22.8 Å². The number of carbonyl (C=O) groups is 2. The molecule has 0 unspecified atom stereocenters. The molecule has 2 aliphatic heterocycles. The van der Waals surface area contributed by atoms with Crippen LogP contribution in [0.1, 0.15) is 56.9 Å². The van der Waals surface area contributed by atoms with E-state index in [9.17, 15) is 9.59 Å². The van der Waals surface area contributed by atoms with Gasteiger partial charge in [0.2, 0.25) is 11.8 Å². The lowest BCUT2D eigenvalue weighted by atomic mass is 9.73. The molecule has 0 aromatic carbocycles. The van der Waals surface area contributed by atoms with Crippen molar-refractivity contribution in [3.63, 3.8) is 0 Å². The van der Waals surface area contributed by atoms with Crippen LogP contribution in [-0.4, -0.2) is 52.9 Å². The van der Waals surface area contributed by atoms with Gasteiger partial charge in [-0.1, -0.05) is 18.5 Å². The first-order valence-corrected chi connectivity index (χ1v) is 9.49. The molecule has 2 fully saturated rings. The third-order valence-corrected chi connectivity index (χ3v) is 5.55. The number of likely N-dealkylation sites (tertiary alicyclic amines) is 2. The summed E-state index contributed by atoms with van der Waals surface area (Å²) in [5, 5.41) is 3.86. The Morgan fingerprint density at radius 1 is 1.36 bits per heavy atom. The van der Waals surface area contributed by atoms with Crippen molar-refractivity contribution in [2.24, 2.45) is 5.41 Å². The fraction of sp³-hybridized carbons (Fsp3) is 0.737. The summed E-state index contributed by atoms with van der Waals surface area (Å²) in [6, 6.07) is 1.82. The lowest BCUT2D eigenvalue weighted by Gasteiger charge is -2.48. The van der Waals surface area contributed by atoms with Crippen molar-refractivity contribution >= 4 is 11.8 Å². The van der Waals surface area contributed by atoms with Gasteiger partial charge in [-0.05, 0) is 32.6 Å². The topological polar surface area (TPSA) is 66.7 Å². The predicted octanol–water partition coefficient (Wildman–Crippen LogP) is 2.56. The van der Waals surface area contributed by atoms with Crippen LogP contribution in [0.25, 0.3) is 0 Å². The van der Waals surface area contributed by atoms with E-state index in [4.69, 9.17) is 4.52 Å². The molecule has 6 heteroatoms. The van der Waals surface area contributed by atoms with Crippen LogP contribution in [0.2, 0.25) is 0 Å². The van der Waals surface area contributed by atoms with Gasteiger partial charge in [0.05, 0.1) is 12.1 Å². The molecule has 1 aromatic heterocycles. The number of aryl methyl sites for hydroxylation is 1. The summed E-state index contributed by atoms with van der Waals surface area (Å²) < 4.78 is 5.19. The van der Waals surface area contributed by atoms with Gasteiger partial charge in [0.25, 0.3) is 0 Å². The summed E-state index contributed by atoms with van der Waals surface area (Å²) >= 11 is 0. The van der Waals surface area contributed by atoms with Crippen molar-refractivity contribution < 1.29 is 14.1 Å². The van der Waals surface area contributed by atoms with E-state index in [0.29, 0.717) is 12.2 Å². The minimum absolute atomic E-state index is 0.0763. The summed E-state index contributed by atoms with van der Waals surface area (Å²) in [6.45, 7) is 7.22. The van der Waals surface area contributed by atoms with Gasteiger partial charge in [-0.2, -0.15) is 0 Å². The van der Waals surface area contributed by atoms with E-state index in [-0.39, 0.29) is 23.7 Å². The Morgan fingerprint density at radius 2 is 2.20 bits per heavy atom. The number of carbonyl (C=O) groups excluding carboxylic acids is 2. The zero-order valence-electron chi connectivity index (χ0n) is 15.4. The van der Waals surface area contributed by atoms with Crippen LogP contribution < -0.4 is 0 Å². The molecule has 0 N–H and O–H groups in total. The Labute approximate surface area is 149 Å². The monoisotopic (exact) mass is 347 g/mol. The Morgan fingerprint density at radius 3 is 2.92 bits per heavy atom. The molecule has 1 aromatic rings. The van der Waals surface area contributed by atoms with Crippen LogP contribution in [-0.2, 0) is 16.0 Å². The number of unbranched alkanes of at least 4 members (excludes halogenated alkanes) is 1. The lowest BCUT2D eigenvalue weighted by molar-refractivity contribution is -0.142. The van der Waals surface area contributed by atoms with Crippen molar-refractivity contribution in [3.8, 4) is 0 Å². The molecule has 0 aliphatic carbocycles. The number of piperidine rings is 2. The highest BCUT2D eigenvalue weighted by Gasteiger charge is 2.42. The molecule has 0 radical (unpaired) electrons. The van der Waals surface area contributed by atoms with E-state index in [0.717, 1.165) is 64.0 Å². The van der Waals surface area contributed by atoms with Crippen LogP contribution >= 0.6 is 0 Å². The Hall–Kier alpha value is -1.85. The molecular formula is C19H29N3O3. The maximum atomic E-state index is 12.7. The van der Waals surface area contributed by atoms with Crippen molar-refractivity contribution in [2.45, 2.75) is 58.8 Å². The number of amides is 2. The first kappa shape index (κ1) is 18.0. The van der Waals surface area contributed by atoms with Crippen molar-refractivity contribution in [3.05, 3.63) is 17.5 Å². The second-order valence-electron chi connectivity index (χ2n) is 7.70. The third kappa shape index (κ3) is 4.22. The van der Waals surface area contributed by atoms with Crippen molar-refractivity contribution in [1.82, 2.24) is 15.0 Å². The number of hydrogen-bond donors (Lipinski definition) is 0. The zero-order valence-corrected chi connectivity index (χ0v) is 15.4. The van der Waals surface area contributed by atoms with Gasteiger partial charge in [-0.25, -0.2) is 0 Å². The Kier molecular flexibility index (Phi) is 5.45. The Bertz CT molecular complexity index is 627. The maximum absolute atomic E-state index is 12.7. The summed E-state index contributed by atoms with van der Waals surface area (Å²) in [5.41, 5.74) is 0.877. The SMILES string of the molecule is CCCCN1C[C@@]2(CCCN(C(=O)Cc3cc(C)no3)C2)CCC1=O. The van der Waals surface area contributed by atoms with Gasteiger partial charge < -0.3 is 14.3 Å². The average Bonchev–Trinajstić information content (AvgIpc) is 3.01. The van der Waals surface area contributed by atoms with Crippen LogP contribution in [0, 0.1) is 12.3 Å². The highest BCUT2D eigenvalue weighted by molar-refractivity contribution is 5.79. The first-order valence-electron chi connectivity index (χ1n) is 9.49. The molecule has 2 saturated heterocycles. The van der Waals surface area contributed by atoms with Crippen molar-refractivity contribution in [2.75, 3.05) is 26.2 Å². The second-order valence-corrected chi connectivity index (χ2v) is 7.70. The van der Waals surface area contributed by atoms with E-state index in [1.54, 1.807) is 0 Å². The number of aromatic nitrogens is 1. The second kappa shape index (κ2) is 7.58. The minimum Gasteiger partial charge on any atom is -0.361 e.